The van der Waals surface area contributed by atoms with Crippen LogP contribution in [0, 0.1) is 0 Å². The zero-order valence-electron chi connectivity index (χ0n) is 9.03. The summed E-state index contributed by atoms with van der Waals surface area (Å²) in [4.78, 5) is 5.97. The Labute approximate surface area is 94.5 Å². The average molecular weight is 223 g/mol. The molecule has 1 aromatic rings. The van der Waals surface area contributed by atoms with Crippen molar-refractivity contribution in [1.29, 1.82) is 0 Å². The Bertz CT molecular complexity index is 323. The van der Waals surface area contributed by atoms with Crippen LogP contribution in [0.1, 0.15) is 11.6 Å². The maximum absolute atomic E-state index is 9.51. The Hall–Kier alpha value is -1.01. The zero-order chi connectivity index (χ0) is 11.5. The summed E-state index contributed by atoms with van der Waals surface area (Å²) in [5, 5.41) is 19.0. The van der Waals surface area contributed by atoms with Crippen LogP contribution >= 0.6 is 0 Å². The molecule has 5 nitrogen and oxygen atoms in total. The second kappa shape index (κ2) is 4.88. The van der Waals surface area contributed by atoms with Crippen LogP contribution in [0.5, 0.6) is 0 Å². The van der Waals surface area contributed by atoms with E-state index in [-0.39, 0.29) is 6.04 Å². The second-order valence-electron chi connectivity index (χ2n) is 4.12. The maximum atomic E-state index is 9.51. The van der Waals surface area contributed by atoms with Crippen molar-refractivity contribution in [3.8, 4) is 0 Å². The third-order valence-electron chi connectivity index (χ3n) is 3.04. The van der Waals surface area contributed by atoms with Gasteiger partial charge in [0, 0.05) is 38.1 Å². The first-order valence-corrected chi connectivity index (χ1v) is 5.42. The number of aromatic nitrogens is 1. The summed E-state index contributed by atoms with van der Waals surface area (Å²) < 4.78 is 0. The van der Waals surface area contributed by atoms with Gasteiger partial charge in [0.15, 0.2) is 0 Å². The Morgan fingerprint density at radius 1 is 1.31 bits per heavy atom. The second-order valence-corrected chi connectivity index (χ2v) is 4.12. The molecule has 1 aliphatic heterocycles. The maximum Gasteiger partial charge on any atom is 0.0938 e. The molecule has 0 aliphatic carbocycles. The summed E-state index contributed by atoms with van der Waals surface area (Å²) in [6, 6.07) is 3.86. The number of hydrogen-bond acceptors (Lipinski definition) is 5. The number of nitrogens with zero attached hydrogens (tertiary/aromatic N) is 2. The van der Waals surface area contributed by atoms with Crippen LogP contribution in [0.3, 0.4) is 0 Å². The van der Waals surface area contributed by atoms with Gasteiger partial charge in [0.05, 0.1) is 12.2 Å². The van der Waals surface area contributed by atoms with Gasteiger partial charge in [-0.05, 0) is 17.7 Å². The van der Waals surface area contributed by atoms with Crippen molar-refractivity contribution in [2.45, 2.75) is 18.2 Å². The Kier molecular flexibility index (Phi) is 3.50. The van der Waals surface area contributed by atoms with E-state index in [4.69, 9.17) is 5.73 Å². The van der Waals surface area contributed by atoms with E-state index in [0.717, 1.165) is 5.56 Å². The quantitative estimate of drug-likeness (QED) is 0.620. The summed E-state index contributed by atoms with van der Waals surface area (Å²) in [5.41, 5.74) is 6.82. The third-order valence-corrected chi connectivity index (χ3v) is 3.04. The molecule has 0 bridgehead atoms. The van der Waals surface area contributed by atoms with Gasteiger partial charge in [-0.3, -0.25) is 9.88 Å². The van der Waals surface area contributed by atoms with Gasteiger partial charge in [-0.2, -0.15) is 0 Å². The summed E-state index contributed by atoms with van der Waals surface area (Å²) >= 11 is 0. The number of hydrogen-bond donors (Lipinski definition) is 3. The van der Waals surface area contributed by atoms with Gasteiger partial charge in [0.25, 0.3) is 0 Å². The molecule has 5 heteroatoms. The zero-order valence-corrected chi connectivity index (χ0v) is 9.03. The molecule has 1 aliphatic rings. The summed E-state index contributed by atoms with van der Waals surface area (Å²) in [6.45, 7) is 1.39. The fourth-order valence-electron chi connectivity index (χ4n) is 2.13. The van der Waals surface area contributed by atoms with E-state index in [2.05, 4.69) is 4.98 Å². The lowest BCUT2D eigenvalue weighted by Crippen LogP contribution is -2.32. The fraction of sp³-hybridized carbons (Fsp3) is 0.545. The van der Waals surface area contributed by atoms with Gasteiger partial charge in [0.2, 0.25) is 0 Å². The van der Waals surface area contributed by atoms with Gasteiger partial charge in [-0.15, -0.1) is 0 Å². The first-order chi connectivity index (χ1) is 7.72. The van der Waals surface area contributed by atoms with Gasteiger partial charge in [-0.1, -0.05) is 0 Å². The van der Waals surface area contributed by atoms with E-state index < -0.39 is 12.2 Å². The van der Waals surface area contributed by atoms with Crippen molar-refractivity contribution >= 4 is 0 Å². The standard InChI is InChI=1S/C11H17N3O2/c12-5-9(8-1-3-13-4-2-8)14-6-10(15)11(16)7-14/h1-4,9-11,15-16H,5-7,12H2. The number of β-amino-alcohol motifs (C(OH)–C–C–N with tert-alkyl or cyclic N) is 2. The van der Waals surface area contributed by atoms with E-state index in [1.165, 1.54) is 0 Å². The van der Waals surface area contributed by atoms with Crippen molar-refractivity contribution in [2.24, 2.45) is 5.73 Å². The minimum absolute atomic E-state index is 0.0369. The summed E-state index contributed by atoms with van der Waals surface area (Å²) in [6.07, 6.45) is 2.11. The molecule has 0 amide bonds. The molecule has 0 aromatic carbocycles. The molecular weight excluding hydrogens is 206 g/mol. The van der Waals surface area contributed by atoms with E-state index in [9.17, 15) is 10.2 Å². The summed E-state index contributed by atoms with van der Waals surface area (Å²) in [7, 11) is 0. The molecular formula is C11H17N3O2. The van der Waals surface area contributed by atoms with Gasteiger partial charge >= 0.3 is 0 Å². The minimum Gasteiger partial charge on any atom is -0.389 e. The first-order valence-electron chi connectivity index (χ1n) is 5.42. The number of aliphatic hydroxyl groups is 2. The van der Waals surface area contributed by atoms with Crippen LogP contribution < -0.4 is 5.73 Å². The van der Waals surface area contributed by atoms with Crippen molar-refractivity contribution in [2.75, 3.05) is 19.6 Å². The smallest absolute Gasteiger partial charge is 0.0938 e. The third kappa shape index (κ3) is 2.22. The van der Waals surface area contributed by atoms with Crippen molar-refractivity contribution in [1.82, 2.24) is 9.88 Å². The SMILES string of the molecule is NCC(c1ccncc1)N1CC(O)C(O)C1. The van der Waals surface area contributed by atoms with Gasteiger partial charge in [-0.25, -0.2) is 0 Å². The molecule has 0 spiro atoms. The highest BCUT2D eigenvalue weighted by molar-refractivity contribution is 5.16. The van der Waals surface area contributed by atoms with Crippen molar-refractivity contribution in [3.63, 3.8) is 0 Å². The normalized spacial score (nSPS) is 28.2. The summed E-state index contributed by atoms with van der Waals surface area (Å²) in [5.74, 6) is 0. The monoisotopic (exact) mass is 223 g/mol. The molecule has 16 heavy (non-hydrogen) atoms. The van der Waals surface area contributed by atoms with Gasteiger partial charge in [0.1, 0.15) is 0 Å². The Morgan fingerprint density at radius 2 is 1.88 bits per heavy atom. The molecule has 3 atom stereocenters. The molecule has 1 aromatic heterocycles. The van der Waals surface area contributed by atoms with Crippen LogP contribution in [-0.4, -0.2) is 51.9 Å². The Balaban J connectivity index is 2.12. The van der Waals surface area contributed by atoms with E-state index in [0.29, 0.717) is 19.6 Å². The predicted octanol–water partition coefficient (Wildman–Crippen LogP) is -0.881. The largest absolute Gasteiger partial charge is 0.389 e. The minimum atomic E-state index is -0.670. The van der Waals surface area contributed by atoms with E-state index in [1.807, 2.05) is 17.0 Å². The lowest BCUT2D eigenvalue weighted by molar-refractivity contribution is 0.0572. The van der Waals surface area contributed by atoms with Crippen LogP contribution in [-0.2, 0) is 0 Å². The predicted molar refractivity (Wildman–Crippen MR) is 59.6 cm³/mol. The highest BCUT2D eigenvalue weighted by Gasteiger charge is 2.33. The van der Waals surface area contributed by atoms with Crippen LogP contribution in [0.25, 0.3) is 0 Å². The van der Waals surface area contributed by atoms with Crippen molar-refractivity contribution in [3.05, 3.63) is 30.1 Å². The lowest BCUT2D eigenvalue weighted by atomic mass is 10.1. The average Bonchev–Trinajstić information content (AvgIpc) is 2.61. The number of aliphatic hydroxyl groups excluding tert-OH is 2. The number of pyridine rings is 1. The number of rotatable bonds is 3. The molecule has 0 saturated carbocycles. The highest BCUT2D eigenvalue weighted by Crippen LogP contribution is 2.23. The number of likely N-dealkylation sites (tertiary alicyclic amines) is 1. The Morgan fingerprint density at radius 3 is 2.38 bits per heavy atom. The molecule has 1 fully saturated rings. The molecule has 4 N–H and O–H groups in total. The van der Waals surface area contributed by atoms with Crippen LogP contribution in [0.2, 0.25) is 0 Å². The van der Waals surface area contributed by atoms with Crippen molar-refractivity contribution < 1.29 is 10.2 Å². The number of nitrogens with two attached hydrogens (primary N) is 1. The van der Waals surface area contributed by atoms with E-state index in [1.54, 1.807) is 12.4 Å². The molecule has 2 rings (SSSR count). The van der Waals surface area contributed by atoms with Crippen LogP contribution in [0.15, 0.2) is 24.5 Å². The lowest BCUT2D eigenvalue weighted by Gasteiger charge is -2.26. The molecule has 0 radical (unpaired) electrons. The van der Waals surface area contributed by atoms with E-state index >= 15 is 0 Å². The molecule has 3 unspecified atom stereocenters. The molecule has 1 saturated heterocycles. The van der Waals surface area contributed by atoms with Gasteiger partial charge < -0.3 is 15.9 Å². The molecule has 88 valence electrons. The first kappa shape index (κ1) is 11.5. The highest BCUT2D eigenvalue weighted by atomic mass is 16.3. The molecule has 2 heterocycles. The fourth-order valence-corrected chi connectivity index (χ4v) is 2.13. The van der Waals surface area contributed by atoms with Crippen LogP contribution in [0.4, 0.5) is 0 Å². The topological polar surface area (TPSA) is 82.6 Å².